The molecule has 1 aromatic carbocycles. The minimum Gasteiger partial charge on any atom is -0.468 e. The number of hydrogen-bond donors (Lipinski definition) is 1. The van der Waals surface area contributed by atoms with Crippen LogP contribution in [0.15, 0.2) is 35.4 Å². The van der Waals surface area contributed by atoms with Crippen LogP contribution in [-0.2, 0) is 28.6 Å². The van der Waals surface area contributed by atoms with Crippen molar-refractivity contribution >= 4 is 29.3 Å². The van der Waals surface area contributed by atoms with E-state index in [0.717, 1.165) is 14.2 Å². The Labute approximate surface area is 146 Å². The number of nitrogens with one attached hydrogen (secondary N) is 1. The number of anilines is 1. The molecule has 0 aliphatic carbocycles. The Morgan fingerprint density at radius 2 is 1.56 bits per heavy atom. The fourth-order valence-corrected chi connectivity index (χ4v) is 2.14. The fourth-order valence-electron chi connectivity index (χ4n) is 2.14. The maximum absolute atomic E-state index is 12.3. The number of benzene rings is 1. The van der Waals surface area contributed by atoms with Gasteiger partial charge in [-0.2, -0.15) is 5.10 Å². The minimum absolute atomic E-state index is 0.0871. The molecule has 0 saturated heterocycles. The van der Waals surface area contributed by atoms with Crippen molar-refractivity contribution in [3.05, 3.63) is 30.3 Å². The van der Waals surface area contributed by atoms with Gasteiger partial charge < -0.3 is 14.2 Å². The van der Waals surface area contributed by atoms with Crippen molar-refractivity contribution in [1.29, 1.82) is 0 Å². The summed E-state index contributed by atoms with van der Waals surface area (Å²) in [4.78, 5) is 36.4. The topological polar surface area (TPSA) is 103 Å². The molecule has 8 heteroatoms. The van der Waals surface area contributed by atoms with E-state index in [0.29, 0.717) is 5.69 Å². The molecule has 1 aromatic rings. The molecule has 1 N–H and O–H groups in total. The number of hydrogen-bond acceptors (Lipinski definition) is 8. The zero-order chi connectivity index (χ0) is 18.8. The molecule has 0 spiro atoms. The molecule has 1 unspecified atom stereocenters. The Kier molecular flexibility index (Phi) is 8.11. The lowest BCUT2D eigenvalue weighted by molar-refractivity contribution is -0.166. The van der Waals surface area contributed by atoms with E-state index in [-0.39, 0.29) is 12.3 Å². The number of ether oxygens (including phenoxy) is 3. The Morgan fingerprint density at radius 1 is 1.00 bits per heavy atom. The summed E-state index contributed by atoms with van der Waals surface area (Å²) >= 11 is 0. The number of rotatable bonds is 8. The molecule has 0 heterocycles. The number of carbonyl (C=O) groups is 3. The summed E-state index contributed by atoms with van der Waals surface area (Å²) in [5.74, 6) is -5.34. The summed E-state index contributed by atoms with van der Waals surface area (Å²) in [5.41, 5.74) is 3.63. The van der Waals surface area contributed by atoms with Gasteiger partial charge in [0.2, 0.25) is 0 Å². The Hall–Kier alpha value is -2.90. The van der Waals surface area contributed by atoms with Gasteiger partial charge in [0, 0.05) is 0 Å². The van der Waals surface area contributed by atoms with Crippen molar-refractivity contribution in [3.63, 3.8) is 0 Å². The van der Waals surface area contributed by atoms with Crippen LogP contribution in [-0.4, -0.2) is 44.4 Å². The number of nitrogens with zero attached hydrogens (tertiary/aromatic N) is 1. The number of para-hydroxylation sites is 1. The molecule has 0 aliphatic rings. The smallest absolute Gasteiger partial charge is 0.321 e. The summed E-state index contributed by atoms with van der Waals surface area (Å²) in [5, 5.41) is 4.10. The summed E-state index contributed by atoms with van der Waals surface area (Å²) in [6.45, 7) is 3.22. The van der Waals surface area contributed by atoms with Crippen molar-refractivity contribution in [1.82, 2.24) is 0 Å². The zero-order valence-corrected chi connectivity index (χ0v) is 14.6. The minimum atomic E-state index is -1.50. The summed E-state index contributed by atoms with van der Waals surface area (Å²) in [6.07, 6.45) is 0. The molecular weight excluding hydrogens is 328 g/mol. The van der Waals surface area contributed by atoms with Crippen LogP contribution in [0.3, 0.4) is 0 Å². The first-order valence-corrected chi connectivity index (χ1v) is 7.63. The van der Waals surface area contributed by atoms with Crippen molar-refractivity contribution in [3.8, 4) is 0 Å². The average molecular weight is 350 g/mol. The number of esters is 3. The van der Waals surface area contributed by atoms with Crippen LogP contribution < -0.4 is 5.43 Å². The third-order valence-corrected chi connectivity index (χ3v) is 3.37. The number of hydrazone groups is 1. The second-order valence-electron chi connectivity index (χ2n) is 4.98. The molecule has 136 valence electrons. The van der Waals surface area contributed by atoms with E-state index < -0.39 is 29.7 Å². The van der Waals surface area contributed by atoms with E-state index in [2.05, 4.69) is 20.0 Å². The van der Waals surface area contributed by atoms with Crippen LogP contribution in [0.4, 0.5) is 5.69 Å². The SMILES string of the molecule is CCOC(=O)C(/C(C)=N/Nc1ccccc1)C(C(=O)OC)C(=O)OC. The number of carbonyl (C=O) groups excluding carboxylic acids is 3. The molecule has 1 rings (SSSR count). The van der Waals surface area contributed by atoms with E-state index >= 15 is 0 Å². The first kappa shape index (κ1) is 20.1. The van der Waals surface area contributed by atoms with Crippen molar-refractivity contribution in [2.24, 2.45) is 16.9 Å². The van der Waals surface area contributed by atoms with E-state index in [1.165, 1.54) is 6.92 Å². The standard InChI is InChI=1S/C17H22N2O6/c1-5-25-17(22)13(14(15(20)23-3)16(21)24-4)11(2)18-19-12-9-7-6-8-10-12/h6-10,13-14,19H,5H2,1-4H3/b18-11+. The van der Waals surface area contributed by atoms with Gasteiger partial charge in [0.15, 0.2) is 5.92 Å². The van der Waals surface area contributed by atoms with E-state index in [1.54, 1.807) is 19.1 Å². The molecule has 0 aliphatic heterocycles. The van der Waals surface area contributed by atoms with Gasteiger partial charge in [0.25, 0.3) is 0 Å². The van der Waals surface area contributed by atoms with E-state index in [1.807, 2.05) is 18.2 Å². The molecule has 0 amide bonds. The summed E-state index contributed by atoms with van der Waals surface area (Å²) in [6, 6.07) is 9.00. The normalized spacial score (nSPS) is 12.3. The Bertz CT molecular complexity index is 613. The first-order valence-electron chi connectivity index (χ1n) is 7.63. The molecule has 8 nitrogen and oxygen atoms in total. The molecule has 25 heavy (non-hydrogen) atoms. The van der Waals surface area contributed by atoms with Crippen LogP contribution >= 0.6 is 0 Å². The quantitative estimate of drug-likeness (QED) is 0.250. The largest absolute Gasteiger partial charge is 0.468 e. The second-order valence-corrected chi connectivity index (χ2v) is 4.98. The monoisotopic (exact) mass is 350 g/mol. The fraction of sp³-hybridized carbons (Fsp3) is 0.412. The number of methoxy groups -OCH3 is 2. The lowest BCUT2D eigenvalue weighted by Crippen LogP contribution is -2.42. The summed E-state index contributed by atoms with van der Waals surface area (Å²) < 4.78 is 14.3. The van der Waals surface area contributed by atoms with Crippen molar-refractivity contribution in [2.75, 3.05) is 26.3 Å². The van der Waals surface area contributed by atoms with Crippen LogP contribution in [0.2, 0.25) is 0 Å². The van der Waals surface area contributed by atoms with Gasteiger partial charge in [0.1, 0.15) is 5.92 Å². The van der Waals surface area contributed by atoms with Gasteiger partial charge in [0.05, 0.1) is 32.2 Å². The lowest BCUT2D eigenvalue weighted by Gasteiger charge is -2.21. The van der Waals surface area contributed by atoms with Gasteiger partial charge >= 0.3 is 17.9 Å². The predicted octanol–water partition coefficient (Wildman–Crippen LogP) is 1.62. The van der Waals surface area contributed by atoms with E-state index in [9.17, 15) is 14.4 Å². The van der Waals surface area contributed by atoms with E-state index in [4.69, 9.17) is 4.74 Å². The molecule has 1 atom stereocenters. The Morgan fingerprint density at radius 3 is 2.04 bits per heavy atom. The van der Waals surface area contributed by atoms with Gasteiger partial charge in [-0.05, 0) is 26.0 Å². The highest BCUT2D eigenvalue weighted by Crippen LogP contribution is 2.20. The van der Waals surface area contributed by atoms with Gasteiger partial charge in [-0.25, -0.2) is 0 Å². The second kappa shape index (κ2) is 10.1. The highest BCUT2D eigenvalue weighted by molar-refractivity contribution is 6.10. The maximum atomic E-state index is 12.3. The summed E-state index contributed by atoms with van der Waals surface area (Å²) in [7, 11) is 2.24. The van der Waals surface area contributed by atoms with Gasteiger partial charge in [-0.1, -0.05) is 18.2 Å². The maximum Gasteiger partial charge on any atom is 0.321 e. The van der Waals surface area contributed by atoms with Crippen molar-refractivity contribution < 1.29 is 28.6 Å². The van der Waals surface area contributed by atoms with Crippen molar-refractivity contribution in [2.45, 2.75) is 13.8 Å². The van der Waals surface area contributed by atoms with Crippen LogP contribution in [0, 0.1) is 11.8 Å². The Balaban J connectivity index is 3.18. The highest BCUT2D eigenvalue weighted by Gasteiger charge is 2.44. The third kappa shape index (κ3) is 5.59. The van der Waals surface area contributed by atoms with Crippen LogP contribution in [0.25, 0.3) is 0 Å². The zero-order valence-electron chi connectivity index (χ0n) is 14.6. The van der Waals surface area contributed by atoms with Gasteiger partial charge in [-0.15, -0.1) is 0 Å². The predicted molar refractivity (Wildman–Crippen MR) is 90.8 cm³/mol. The molecule has 0 saturated carbocycles. The van der Waals surface area contributed by atoms with Crippen LogP contribution in [0.1, 0.15) is 13.8 Å². The molecular formula is C17H22N2O6. The first-order chi connectivity index (χ1) is 12.0. The lowest BCUT2D eigenvalue weighted by atomic mass is 9.88. The third-order valence-electron chi connectivity index (χ3n) is 3.37. The molecule has 0 bridgehead atoms. The average Bonchev–Trinajstić information content (AvgIpc) is 2.63. The van der Waals surface area contributed by atoms with Gasteiger partial charge in [-0.3, -0.25) is 19.8 Å². The molecule has 0 aromatic heterocycles. The molecule has 0 radical (unpaired) electrons. The molecule has 0 fully saturated rings. The van der Waals surface area contributed by atoms with Crippen LogP contribution in [0.5, 0.6) is 0 Å². The highest BCUT2D eigenvalue weighted by atomic mass is 16.5.